The Kier molecular flexibility index (Phi) is 46.5. The smallest absolute Gasteiger partial charge is 0.361 e. The number of hydrogen-bond donors (Lipinski definition) is 1. The number of carboxylic acids is 1. The first-order chi connectivity index (χ1) is 33.6. The number of quaternary nitrogens is 1. The van der Waals surface area contributed by atoms with E-state index in [0.717, 1.165) is 109 Å². The summed E-state index contributed by atoms with van der Waals surface area (Å²) < 4.78 is 22.7. The van der Waals surface area contributed by atoms with Crippen LogP contribution < -0.4 is 0 Å². The molecular weight excluding hydrogens is 863 g/mol. The van der Waals surface area contributed by atoms with Gasteiger partial charge in [-0.15, -0.1) is 0 Å². The first-order valence-electron chi connectivity index (χ1n) is 26.3. The minimum Gasteiger partial charge on any atom is -0.477 e. The maximum absolute atomic E-state index is 12.8. The number of likely N-dealkylation sites (N-methyl/N-ethyl adjacent to an activating group) is 1. The van der Waals surface area contributed by atoms with Gasteiger partial charge in [0.05, 0.1) is 34.4 Å². The molecule has 388 valence electrons. The van der Waals surface area contributed by atoms with Gasteiger partial charge in [-0.2, -0.15) is 0 Å². The number of aliphatic carboxylic acids is 1. The quantitative estimate of drug-likeness (QED) is 0.0211. The molecule has 0 fully saturated rings. The van der Waals surface area contributed by atoms with Gasteiger partial charge in [-0.05, 0) is 109 Å². The number of carbonyl (C=O) groups excluding carboxylic acids is 2. The van der Waals surface area contributed by atoms with Gasteiger partial charge in [0.15, 0.2) is 6.10 Å². The van der Waals surface area contributed by atoms with E-state index < -0.39 is 30.3 Å². The van der Waals surface area contributed by atoms with Crippen LogP contribution in [-0.2, 0) is 33.3 Å². The van der Waals surface area contributed by atoms with Crippen molar-refractivity contribution in [1.29, 1.82) is 0 Å². The van der Waals surface area contributed by atoms with Gasteiger partial charge in [-0.25, -0.2) is 4.79 Å². The summed E-state index contributed by atoms with van der Waals surface area (Å²) in [6.07, 6.45) is 68.1. The van der Waals surface area contributed by atoms with Gasteiger partial charge in [-0.3, -0.25) is 9.59 Å². The lowest BCUT2D eigenvalue weighted by atomic mass is 10.1. The van der Waals surface area contributed by atoms with Gasteiger partial charge in [-0.1, -0.05) is 180 Å². The summed E-state index contributed by atoms with van der Waals surface area (Å²) >= 11 is 0. The van der Waals surface area contributed by atoms with Crippen molar-refractivity contribution in [3.8, 4) is 0 Å². The second-order valence-corrected chi connectivity index (χ2v) is 18.1. The molecular formula is C60H96NO8+. The summed E-state index contributed by atoms with van der Waals surface area (Å²) in [7, 11) is 5.93. The van der Waals surface area contributed by atoms with E-state index in [-0.39, 0.29) is 32.7 Å². The fourth-order valence-corrected chi connectivity index (χ4v) is 6.39. The molecule has 0 saturated carbocycles. The number of carboxylic acid groups (broad SMARTS) is 1. The summed E-state index contributed by atoms with van der Waals surface area (Å²) in [5.41, 5.74) is 0. The number of rotatable bonds is 46. The Bertz CT molecular complexity index is 1590. The molecule has 0 aromatic rings. The van der Waals surface area contributed by atoms with Crippen LogP contribution in [0.3, 0.4) is 0 Å². The van der Waals surface area contributed by atoms with E-state index in [0.29, 0.717) is 23.9 Å². The summed E-state index contributed by atoms with van der Waals surface area (Å²) in [5.74, 6) is -2.10. The van der Waals surface area contributed by atoms with E-state index >= 15 is 0 Å². The molecule has 9 heteroatoms. The normalized spacial score (nSPS) is 13.9. The maximum atomic E-state index is 12.8. The second-order valence-electron chi connectivity index (χ2n) is 18.1. The molecule has 2 unspecified atom stereocenters. The Balaban J connectivity index is 4.38. The SMILES string of the molecule is CC/C=C\C/C=C\C/C=C\C/C=C\C/C=C\C/C=C\C/C=C\CCCCCCCCCC(=O)OC(COC(=O)CCCC/C=C\C/C=C\C/C=C\C/C=C\CC)COC(OCC[N+](C)(C)C)C(=O)O. The zero-order chi connectivity index (χ0) is 50.6. The van der Waals surface area contributed by atoms with Crippen LogP contribution in [0.4, 0.5) is 0 Å². The van der Waals surface area contributed by atoms with Crippen LogP contribution in [0.2, 0.25) is 0 Å². The third-order valence-corrected chi connectivity index (χ3v) is 10.4. The lowest BCUT2D eigenvalue weighted by Gasteiger charge is -2.25. The standard InChI is InChI=1S/C60H95NO8/c1-6-8-10-12-14-16-18-20-22-23-24-25-26-27-28-29-30-31-32-33-34-35-37-39-41-43-45-47-49-51-58(63)69-56(55-68-60(59(64)65)66-53-52-61(3,4)5)54-67-57(62)50-48-46-44-42-40-38-36-21-19-17-15-13-11-9-7-2/h8-11,14-17,20-22,24-25,27-28,30-31,33-34,36,40,42,56,60H,6-7,12-13,18-19,23,26,29,32,35,37-39,41,43-55H2,1-5H3/p+1/b10-8-,11-9-,16-14-,17-15-,22-20-,25-24-,28-27-,31-30-,34-33-,36-21-,42-40-. The molecule has 0 aliphatic carbocycles. The van der Waals surface area contributed by atoms with Crippen LogP contribution in [0.15, 0.2) is 134 Å². The van der Waals surface area contributed by atoms with E-state index in [2.05, 4.69) is 148 Å². The molecule has 0 aliphatic heterocycles. The van der Waals surface area contributed by atoms with Crippen molar-refractivity contribution in [2.45, 2.75) is 180 Å². The first kappa shape index (κ1) is 64.4. The molecule has 0 aliphatic rings. The highest BCUT2D eigenvalue weighted by molar-refractivity contribution is 5.71. The Labute approximate surface area is 420 Å². The second kappa shape index (κ2) is 49.8. The van der Waals surface area contributed by atoms with Crippen molar-refractivity contribution in [3.05, 3.63) is 134 Å². The Morgan fingerprint density at radius 3 is 1.19 bits per heavy atom. The molecule has 0 spiro atoms. The summed E-state index contributed by atoms with van der Waals surface area (Å²) in [6, 6.07) is 0. The van der Waals surface area contributed by atoms with Crippen LogP contribution in [0.5, 0.6) is 0 Å². The Hall–Kier alpha value is -4.57. The fourth-order valence-electron chi connectivity index (χ4n) is 6.39. The van der Waals surface area contributed by atoms with Gasteiger partial charge in [0.1, 0.15) is 13.2 Å². The molecule has 0 heterocycles. The molecule has 0 saturated heterocycles. The van der Waals surface area contributed by atoms with Crippen molar-refractivity contribution in [2.75, 3.05) is 47.5 Å². The van der Waals surface area contributed by atoms with Crippen molar-refractivity contribution in [1.82, 2.24) is 0 Å². The van der Waals surface area contributed by atoms with Crippen LogP contribution >= 0.6 is 0 Å². The highest BCUT2D eigenvalue weighted by atomic mass is 16.7. The molecule has 0 aromatic heterocycles. The monoisotopic (exact) mass is 959 g/mol. The van der Waals surface area contributed by atoms with Gasteiger partial charge in [0, 0.05) is 12.8 Å². The minimum atomic E-state index is -1.53. The number of esters is 2. The molecule has 2 atom stereocenters. The van der Waals surface area contributed by atoms with Crippen LogP contribution in [-0.4, -0.2) is 87.4 Å². The van der Waals surface area contributed by atoms with Crippen LogP contribution in [0, 0.1) is 0 Å². The first-order valence-corrected chi connectivity index (χ1v) is 26.3. The zero-order valence-corrected chi connectivity index (χ0v) is 43.9. The van der Waals surface area contributed by atoms with Crippen LogP contribution in [0.25, 0.3) is 0 Å². The Morgan fingerprint density at radius 2 is 0.783 bits per heavy atom. The third kappa shape index (κ3) is 51.1. The number of hydrogen-bond acceptors (Lipinski definition) is 7. The lowest BCUT2D eigenvalue weighted by molar-refractivity contribution is -0.870. The zero-order valence-electron chi connectivity index (χ0n) is 43.9. The van der Waals surface area contributed by atoms with E-state index in [1.54, 1.807) is 0 Å². The van der Waals surface area contributed by atoms with E-state index in [9.17, 15) is 19.5 Å². The van der Waals surface area contributed by atoms with Gasteiger partial charge in [0.2, 0.25) is 0 Å². The number of carbonyl (C=O) groups is 3. The summed E-state index contributed by atoms with van der Waals surface area (Å²) in [4.78, 5) is 37.3. The number of ether oxygens (including phenoxy) is 4. The molecule has 0 rings (SSSR count). The lowest BCUT2D eigenvalue weighted by Crippen LogP contribution is -2.40. The van der Waals surface area contributed by atoms with E-state index in [1.165, 1.54) is 19.3 Å². The predicted molar refractivity (Wildman–Crippen MR) is 290 cm³/mol. The minimum absolute atomic E-state index is 0.170. The number of unbranched alkanes of at least 4 members (excludes halogenated alkanes) is 9. The van der Waals surface area contributed by atoms with Crippen LogP contribution in [0.1, 0.15) is 168 Å². The van der Waals surface area contributed by atoms with Crippen molar-refractivity contribution >= 4 is 17.9 Å². The molecule has 9 nitrogen and oxygen atoms in total. The fraction of sp³-hybridized carbons (Fsp3) is 0.583. The number of nitrogens with zero attached hydrogens (tertiary/aromatic N) is 1. The van der Waals surface area contributed by atoms with Gasteiger partial charge >= 0.3 is 17.9 Å². The average Bonchev–Trinajstić information content (AvgIpc) is 3.31. The molecule has 0 amide bonds. The predicted octanol–water partition coefficient (Wildman–Crippen LogP) is 15.1. The molecule has 69 heavy (non-hydrogen) atoms. The largest absolute Gasteiger partial charge is 0.477 e. The average molecular weight is 959 g/mol. The van der Waals surface area contributed by atoms with E-state index in [1.807, 2.05) is 21.1 Å². The molecule has 0 radical (unpaired) electrons. The summed E-state index contributed by atoms with van der Waals surface area (Å²) in [6.45, 7) is 4.55. The maximum Gasteiger partial charge on any atom is 0.361 e. The van der Waals surface area contributed by atoms with Crippen molar-refractivity contribution in [3.63, 3.8) is 0 Å². The molecule has 0 aromatic carbocycles. The highest BCUT2D eigenvalue weighted by Crippen LogP contribution is 2.13. The Morgan fingerprint density at radius 1 is 0.435 bits per heavy atom. The van der Waals surface area contributed by atoms with Gasteiger partial charge in [0.25, 0.3) is 6.29 Å². The molecule has 1 N–H and O–H groups in total. The highest BCUT2D eigenvalue weighted by Gasteiger charge is 2.25. The van der Waals surface area contributed by atoms with Gasteiger partial charge < -0.3 is 28.5 Å². The van der Waals surface area contributed by atoms with Crippen molar-refractivity contribution in [2.24, 2.45) is 0 Å². The number of allylic oxidation sites excluding steroid dienone is 22. The van der Waals surface area contributed by atoms with Crippen molar-refractivity contribution < 1.29 is 42.9 Å². The topological polar surface area (TPSA) is 108 Å². The molecule has 0 bridgehead atoms. The third-order valence-electron chi connectivity index (χ3n) is 10.4. The summed E-state index contributed by atoms with van der Waals surface area (Å²) in [5, 5.41) is 9.67. The van der Waals surface area contributed by atoms with E-state index in [4.69, 9.17) is 18.9 Å².